The predicted octanol–water partition coefficient (Wildman–Crippen LogP) is 6.99. The first-order chi connectivity index (χ1) is 19.6. The molecule has 1 aliphatic heterocycles. The SMILES string of the molecule is Cc1cc(CNCC2COC(C)(C)O2)ccc1-c1nnc(Cc2ccc(Cl)c(Oc3cc(Cl)cc(C#N)c3)c2F)o1. The molecule has 5 rings (SSSR count). The van der Waals surface area contributed by atoms with Crippen molar-refractivity contribution >= 4 is 23.2 Å². The zero-order valence-electron chi connectivity index (χ0n) is 22.6. The zero-order chi connectivity index (χ0) is 29.1. The minimum absolute atomic E-state index is 0.0172. The van der Waals surface area contributed by atoms with E-state index in [4.69, 9.17) is 41.8 Å². The van der Waals surface area contributed by atoms with Gasteiger partial charge in [-0.1, -0.05) is 41.4 Å². The Morgan fingerprint density at radius 2 is 1.98 bits per heavy atom. The van der Waals surface area contributed by atoms with Crippen LogP contribution in [0.2, 0.25) is 10.0 Å². The van der Waals surface area contributed by atoms with Gasteiger partial charge in [0.15, 0.2) is 17.4 Å². The number of benzene rings is 3. The van der Waals surface area contributed by atoms with E-state index in [9.17, 15) is 5.26 Å². The quantitative estimate of drug-likeness (QED) is 0.220. The van der Waals surface area contributed by atoms with E-state index in [0.717, 1.165) is 16.7 Å². The second-order valence-corrected chi connectivity index (χ2v) is 11.0. The third kappa shape index (κ3) is 7.04. The van der Waals surface area contributed by atoms with Crippen molar-refractivity contribution in [2.75, 3.05) is 13.2 Å². The second kappa shape index (κ2) is 12.1. The smallest absolute Gasteiger partial charge is 0.248 e. The van der Waals surface area contributed by atoms with Gasteiger partial charge in [-0.15, -0.1) is 10.2 Å². The number of halogens is 3. The van der Waals surface area contributed by atoms with Gasteiger partial charge in [-0.25, -0.2) is 4.39 Å². The van der Waals surface area contributed by atoms with Gasteiger partial charge in [-0.05, 0) is 62.2 Å². The van der Waals surface area contributed by atoms with Crippen LogP contribution in [0.3, 0.4) is 0 Å². The number of aryl methyl sites for hydroxylation is 1. The summed E-state index contributed by atoms with van der Waals surface area (Å²) in [5, 5.41) is 21.2. The van der Waals surface area contributed by atoms with Crippen LogP contribution in [0.1, 0.15) is 42.0 Å². The summed E-state index contributed by atoms with van der Waals surface area (Å²) in [6.45, 7) is 7.71. The fourth-order valence-electron chi connectivity index (χ4n) is 4.52. The molecule has 11 heteroatoms. The van der Waals surface area contributed by atoms with Crippen molar-refractivity contribution in [2.24, 2.45) is 0 Å². The molecule has 0 aliphatic carbocycles. The summed E-state index contributed by atoms with van der Waals surface area (Å²) < 4.78 is 38.4. The third-order valence-electron chi connectivity index (χ3n) is 6.45. The molecule has 0 spiro atoms. The lowest BCUT2D eigenvalue weighted by molar-refractivity contribution is -0.137. The molecule has 1 N–H and O–H groups in total. The minimum atomic E-state index is -0.679. The topological polar surface area (TPSA) is 102 Å². The van der Waals surface area contributed by atoms with Crippen LogP contribution in [-0.4, -0.2) is 35.2 Å². The molecule has 3 aromatic carbocycles. The number of nitrogens with zero attached hydrogens (tertiary/aromatic N) is 3. The summed E-state index contributed by atoms with van der Waals surface area (Å²) in [7, 11) is 0. The monoisotopic (exact) mass is 596 g/mol. The Kier molecular flexibility index (Phi) is 8.59. The Bertz CT molecular complexity index is 1620. The van der Waals surface area contributed by atoms with Gasteiger partial charge >= 0.3 is 0 Å². The molecule has 0 radical (unpaired) electrons. The normalized spacial score (nSPS) is 16.1. The molecule has 0 amide bonds. The summed E-state index contributed by atoms with van der Waals surface area (Å²) in [6.07, 6.45) is 0.0412. The van der Waals surface area contributed by atoms with Crippen molar-refractivity contribution in [3.63, 3.8) is 0 Å². The zero-order valence-corrected chi connectivity index (χ0v) is 24.1. The number of rotatable bonds is 9. The average Bonchev–Trinajstić information content (AvgIpc) is 3.53. The van der Waals surface area contributed by atoms with Crippen LogP contribution >= 0.6 is 23.2 Å². The van der Waals surface area contributed by atoms with E-state index in [2.05, 4.69) is 21.6 Å². The van der Waals surface area contributed by atoms with Crippen LogP contribution in [0, 0.1) is 24.1 Å². The van der Waals surface area contributed by atoms with E-state index in [1.807, 2.05) is 39.0 Å². The highest BCUT2D eigenvalue weighted by molar-refractivity contribution is 6.32. The average molecular weight is 597 g/mol. The van der Waals surface area contributed by atoms with E-state index in [-0.39, 0.29) is 51.1 Å². The lowest BCUT2D eigenvalue weighted by Gasteiger charge is -2.17. The molecule has 1 aromatic heterocycles. The summed E-state index contributed by atoms with van der Waals surface area (Å²) in [6, 6.07) is 15.4. The molecular formula is C30H27Cl2FN4O4. The van der Waals surface area contributed by atoms with E-state index in [1.165, 1.54) is 30.3 Å². The van der Waals surface area contributed by atoms with Gasteiger partial charge in [0.2, 0.25) is 11.8 Å². The van der Waals surface area contributed by atoms with Gasteiger partial charge in [0.1, 0.15) is 5.75 Å². The van der Waals surface area contributed by atoms with Crippen LogP contribution in [0.15, 0.2) is 52.9 Å². The summed E-state index contributed by atoms with van der Waals surface area (Å²) in [5.41, 5.74) is 3.38. The Hall–Kier alpha value is -3.52. The number of nitrogens with one attached hydrogen (secondary N) is 1. The van der Waals surface area contributed by atoms with E-state index >= 15 is 4.39 Å². The molecule has 1 unspecified atom stereocenters. The lowest BCUT2D eigenvalue weighted by atomic mass is 10.0. The van der Waals surface area contributed by atoms with Crippen molar-refractivity contribution in [3.8, 4) is 29.0 Å². The van der Waals surface area contributed by atoms with Crippen molar-refractivity contribution in [1.82, 2.24) is 15.5 Å². The fraction of sp³-hybridized carbons (Fsp3) is 0.300. The lowest BCUT2D eigenvalue weighted by Crippen LogP contribution is -2.30. The molecule has 1 atom stereocenters. The number of aromatic nitrogens is 2. The number of hydrogen-bond donors (Lipinski definition) is 1. The highest BCUT2D eigenvalue weighted by Crippen LogP contribution is 2.36. The van der Waals surface area contributed by atoms with Crippen LogP contribution < -0.4 is 10.1 Å². The predicted molar refractivity (Wildman–Crippen MR) is 152 cm³/mol. The van der Waals surface area contributed by atoms with Crippen LogP contribution in [0.4, 0.5) is 4.39 Å². The first kappa shape index (κ1) is 29.0. The first-order valence-electron chi connectivity index (χ1n) is 12.9. The molecular weight excluding hydrogens is 570 g/mol. The van der Waals surface area contributed by atoms with Gasteiger partial charge in [0.05, 0.1) is 35.8 Å². The van der Waals surface area contributed by atoms with Crippen LogP contribution in [-0.2, 0) is 22.4 Å². The highest BCUT2D eigenvalue weighted by atomic mass is 35.5. The van der Waals surface area contributed by atoms with Crippen LogP contribution in [0.25, 0.3) is 11.5 Å². The fourth-order valence-corrected chi connectivity index (χ4v) is 4.93. The molecule has 0 bridgehead atoms. The number of nitriles is 1. The molecule has 4 aromatic rings. The van der Waals surface area contributed by atoms with Crippen molar-refractivity contribution < 1.29 is 23.0 Å². The van der Waals surface area contributed by atoms with Gasteiger partial charge < -0.3 is 23.9 Å². The molecule has 1 saturated heterocycles. The number of ether oxygens (including phenoxy) is 3. The van der Waals surface area contributed by atoms with E-state index in [0.29, 0.717) is 25.6 Å². The van der Waals surface area contributed by atoms with E-state index < -0.39 is 11.6 Å². The molecule has 1 fully saturated rings. The third-order valence-corrected chi connectivity index (χ3v) is 6.96. The highest BCUT2D eigenvalue weighted by Gasteiger charge is 2.32. The number of hydrogen-bond acceptors (Lipinski definition) is 8. The van der Waals surface area contributed by atoms with Gasteiger partial charge in [0.25, 0.3) is 0 Å². The second-order valence-electron chi connectivity index (χ2n) is 10.1. The maximum Gasteiger partial charge on any atom is 0.248 e. The molecule has 212 valence electrons. The Morgan fingerprint density at radius 3 is 2.71 bits per heavy atom. The molecule has 2 heterocycles. The Morgan fingerprint density at radius 1 is 1.15 bits per heavy atom. The first-order valence-corrected chi connectivity index (χ1v) is 13.7. The summed E-state index contributed by atoms with van der Waals surface area (Å²) >= 11 is 12.3. The van der Waals surface area contributed by atoms with Gasteiger partial charge in [0, 0.05) is 29.2 Å². The minimum Gasteiger partial charge on any atom is -0.453 e. The molecule has 1 aliphatic rings. The standard InChI is InChI=1S/C30H27Cl2FN4O4/c1-17-8-18(14-35-15-23-16-38-30(2,3)41-23)4-6-24(17)29-37-36-26(40-29)11-20-5-7-25(32)28(27(20)33)39-22-10-19(13-34)9-21(31)12-22/h4-10,12,23,35H,11,14-16H2,1-3H3. The Labute approximate surface area is 247 Å². The van der Waals surface area contributed by atoms with Gasteiger partial charge in [-0.3, -0.25) is 0 Å². The molecule has 8 nitrogen and oxygen atoms in total. The summed E-state index contributed by atoms with van der Waals surface area (Å²) in [4.78, 5) is 0. The molecule has 41 heavy (non-hydrogen) atoms. The summed E-state index contributed by atoms with van der Waals surface area (Å²) in [5.74, 6) is -0.653. The van der Waals surface area contributed by atoms with Crippen molar-refractivity contribution in [3.05, 3.63) is 92.5 Å². The molecule has 0 saturated carbocycles. The van der Waals surface area contributed by atoms with Gasteiger partial charge in [-0.2, -0.15) is 5.26 Å². The van der Waals surface area contributed by atoms with E-state index in [1.54, 1.807) is 0 Å². The van der Waals surface area contributed by atoms with Crippen LogP contribution in [0.5, 0.6) is 11.5 Å². The maximum absolute atomic E-state index is 15.4. The maximum atomic E-state index is 15.4. The van der Waals surface area contributed by atoms with Crippen molar-refractivity contribution in [2.45, 2.75) is 45.6 Å². The van der Waals surface area contributed by atoms with Crippen molar-refractivity contribution in [1.29, 1.82) is 5.26 Å². The Balaban J connectivity index is 1.25. The largest absolute Gasteiger partial charge is 0.453 e.